The van der Waals surface area contributed by atoms with Crippen LogP contribution in [0.25, 0.3) is 0 Å². The van der Waals surface area contributed by atoms with Crippen LogP contribution >= 0.6 is 0 Å². The molecule has 6 heteroatoms. The van der Waals surface area contributed by atoms with Crippen LogP contribution in [0.5, 0.6) is 0 Å². The molecule has 3 aliphatic carbocycles. The van der Waals surface area contributed by atoms with Crippen molar-refractivity contribution < 1.29 is 29.4 Å². The van der Waals surface area contributed by atoms with Gasteiger partial charge in [0.2, 0.25) is 0 Å². The molecule has 0 aromatic rings. The molecule has 26 heavy (non-hydrogen) atoms. The highest BCUT2D eigenvalue weighted by atomic mass is 16.4. The second-order valence-electron chi connectivity index (χ2n) is 9.19. The number of hydrogen-bond acceptors (Lipinski definition) is 4. The second kappa shape index (κ2) is 6.17. The Morgan fingerprint density at radius 2 is 1.81 bits per heavy atom. The first-order valence-corrected chi connectivity index (χ1v) is 9.54. The maximum atomic E-state index is 13.2. The number of carboxylic acids is 2. The molecule has 3 saturated carbocycles. The molecule has 0 saturated heterocycles. The fourth-order valence-corrected chi connectivity index (χ4v) is 6.50. The maximum Gasteiger partial charge on any atom is 0.307 e. The van der Waals surface area contributed by atoms with Gasteiger partial charge in [0.1, 0.15) is 11.6 Å². The van der Waals surface area contributed by atoms with E-state index in [4.69, 9.17) is 0 Å². The van der Waals surface area contributed by atoms with E-state index in [0.717, 1.165) is 6.42 Å². The van der Waals surface area contributed by atoms with Crippen molar-refractivity contribution in [1.82, 2.24) is 0 Å². The number of carboxylic acid groups (broad SMARTS) is 2. The van der Waals surface area contributed by atoms with E-state index in [2.05, 4.69) is 0 Å². The lowest BCUT2D eigenvalue weighted by Gasteiger charge is -2.54. The van der Waals surface area contributed by atoms with Crippen LogP contribution in [0.15, 0.2) is 0 Å². The number of aliphatic carboxylic acids is 2. The molecule has 2 N–H and O–H groups in total. The Balaban J connectivity index is 1.97. The fourth-order valence-electron chi connectivity index (χ4n) is 6.50. The zero-order chi connectivity index (χ0) is 19.4. The second-order valence-corrected chi connectivity index (χ2v) is 9.19. The van der Waals surface area contributed by atoms with Crippen LogP contribution in [-0.2, 0) is 19.2 Å². The summed E-state index contributed by atoms with van der Waals surface area (Å²) in [5.41, 5.74) is -1.51. The molecule has 0 spiro atoms. The molecule has 0 heterocycles. The standard InChI is InChI=1S/C20H28O6/c1-10(17(23)24)8-20(3)15(22)7-4-11-12-5-6-13(18(25)26)19(12,2)9-14(21)16(11)20/h10-13,16H,4-9H2,1-3H3,(H,23,24)(H,25,26). The van der Waals surface area contributed by atoms with Crippen LogP contribution in [0, 0.1) is 40.4 Å². The van der Waals surface area contributed by atoms with Gasteiger partial charge in [0.05, 0.1) is 11.8 Å². The van der Waals surface area contributed by atoms with E-state index in [-0.39, 0.29) is 36.2 Å². The Morgan fingerprint density at radius 1 is 1.15 bits per heavy atom. The quantitative estimate of drug-likeness (QED) is 0.794. The van der Waals surface area contributed by atoms with Crippen molar-refractivity contribution in [2.24, 2.45) is 40.4 Å². The van der Waals surface area contributed by atoms with Gasteiger partial charge in [-0.1, -0.05) is 20.8 Å². The molecule has 6 nitrogen and oxygen atoms in total. The molecule has 0 aromatic carbocycles. The van der Waals surface area contributed by atoms with Gasteiger partial charge in [-0.2, -0.15) is 0 Å². The first-order valence-electron chi connectivity index (χ1n) is 9.54. The van der Waals surface area contributed by atoms with Gasteiger partial charge >= 0.3 is 11.9 Å². The molecule has 0 aliphatic heterocycles. The van der Waals surface area contributed by atoms with E-state index in [1.54, 1.807) is 13.8 Å². The number of rotatable bonds is 4. The van der Waals surface area contributed by atoms with Gasteiger partial charge in [-0.15, -0.1) is 0 Å². The van der Waals surface area contributed by atoms with Crippen molar-refractivity contribution in [2.45, 2.75) is 59.3 Å². The number of fused-ring (bicyclic) bond motifs is 3. The first kappa shape index (κ1) is 19.1. The molecule has 3 aliphatic rings. The molecule has 144 valence electrons. The maximum absolute atomic E-state index is 13.2. The average molecular weight is 364 g/mol. The third-order valence-corrected chi connectivity index (χ3v) is 7.73. The molecule has 7 unspecified atom stereocenters. The third-order valence-electron chi connectivity index (χ3n) is 7.73. The summed E-state index contributed by atoms with van der Waals surface area (Å²) in [5.74, 6) is -3.45. The van der Waals surface area contributed by atoms with Crippen molar-refractivity contribution >= 4 is 23.5 Å². The lowest BCUT2D eigenvalue weighted by atomic mass is 9.47. The van der Waals surface area contributed by atoms with E-state index < -0.39 is 40.5 Å². The number of carbonyl (C=O) groups is 4. The van der Waals surface area contributed by atoms with Gasteiger partial charge in [-0.3, -0.25) is 19.2 Å². The van der Waals surface area contributed by atoms with Gasteiger partial charge < -0.3 is 10.2 Å². The highest BCUT2D eigenvalue weighted by molar-refractivity contribution is 5.95. The van der Waals surface area contributed by atoms with Crippen LogP contribution in [0.4, 0.5) is 0 Å². The van der Waals surface area contributed by atoms with Crippen molar-refractivity contribution in [3.05, 3.63) is 0 Å². The van der Waals surface area contributed by atoms with Gasteiger partial charge in [0.25, 0.3) is 0 Å². The van der Waals surface area contributed by atoms with Crippen LogP contribution in [0.3, 0.4) is 0 Å². The third kappa shape index (κ3) is 2.60. The summed E-state index contributed by atoms with van der Waals surface area (Å²) in [7, 11) is 0. The highest BCUT2D eigenvalue weighted by Gasteiger charge is 2.64. The minimum Gasteiger partial charge on any atom is -0.481 e. The van der Waals surface area contributed by atoms with Gasteiger partial charge in [0.15, 0.2) is 0 Å². The first-order chi connectivity index (χ1) is 12.0. The normalized spacial score (nSPS) is 43.5. The zero-order valence-corrected chi connectivity index (χ0v) is 15.7. The number of carbonyl (C=O) groups excluding carboxylic acids is 2. The molecule has 3 fully saturated rings. The van der Waals surface area contributed by atoms with Crippen LogP contribution in [-0.4, -0.2) is 33.7 Å². The SMILES string of the molecule is CC(CC1(C)C(=O)CCC2C1C(=O)CC1(C)C(C(=O)O)CCC21)C(=O)O. The number of hydrogen-bond donors (Lipinski definition) is 2. The molecular formula is C20H28O6. The van der Waals surface area contributed by atoms with Crippen molar-refractivity contribution in [2.75, 3.05) is 0 Å². The zero-order valence-electron chi connectivity index (χ0n) is 15.7. The van der Waals surface area contributed by atoms with E-state index in [1.165, 1.54) is 0 Å². The summed E-state index contributed by atoms with van der Waals surface area (Å²) in [6.07, 6.45) is 2.64. The van der Waals surface area contributed by atoms with E-state index in [9.17, 15) is 29.4 Å². The smallest absolute Gasteiger partial charge is 0.307 e. The van der Waals surface area contributed by atoms with Crippen LogP contribution in [0.2, 0.25) is 0 Å². The lowest BCUT2D eigenvalue weighted by Crippen LogP contribution is -2.57. The molecule has 7 atom stereocenters. The van der Waals surface area contributed by atoms with Crippen molar-refractivity contribution in [3.8, 4) is 0 Å². The molecule has 0 aromatic heterocycles. The average Bonchev–Trinajstić information content (AvgIpc) is 2.87. The topological polar surface area (TPSA) is 109 Å². The van der Waals surface area contributed by atoms with E-state index >= 15 is 0 Å². The molecular weight excluding hydrogens is 336 g/mol. The van der Waals surface area contributed by atoms with Gasteiger partial charge in [-0.25, -0.2) is 0 Å². The molecule has 0 amide bonds. The predicted molar refractivity (Wildman–Crippen MR) is 92.3 cm³/mol. The number of ketones is 2. The lowest BCUT2D eigenvalue weighted by molar-refractivity contribution is -0.165. The Morgan fingerprint density at radius 3 is 2.38 bits per heavy atom. The highest BCUT2D eigenvalue weighted by Crippen LogP contribution is 2.63. The monoisotopic (exact) mass is 364 g/mol. The summed E-state index contributed by atoms with van der Waals surface area (Å²) >= 11 is 0. The molecule has 0 radical (unpaired) electrons. The largest absolute Gasteiger partial charge is 0.481 e. The van der Waals surface area contributed by atoms with Gasteiger partial charge in [0, 0.05) is 24.2 Å². The molecule has 0 bridgehead atoms. The minimum atomic E-state index is -0.958. The van der Waals surface area contributed by atoms with E-state index in [1.807, 2.05) is 6.92 Å². The predicted octanol–water partition coefficient (Wildman–Crippen LogP) is 2.79. The Labute approximate surface area is 153 Å². The van der Waals surface area contributed by atoms with E-state index in [0.29, 0.717) is 19.3 Å². The Kier molecular flexibility index (Phi) is 4.52. The summed E-state index contributed by atoms with van der Waals surface area (Å²) in [5, 5.41) is 18.9. The van der Waals surface area contributed by atoms with Crippen molar-refractivity contribution in [3.63, 3.8) is 0 Å². The summed E-state index contributed by atoms with van der Waals surface area (Å²) in [6, 6.07) is 0. The number of Topliss-reactive ketones (excluding diaryl/α,β-unsaturated/α-hetero) is 2. The van der Waals surface area contributed by atoms with Crippen LogP contribution < -0.4 is 0 Å². The summed E-state index contributed by atoms with van der Waals surface area (Å²) in [4.78, 5) is 49.0. The van der Waals surface area contributed by atoms with Gasteiger partial charge in [-0.05, 0) is 42.9 Å². The molecule has 3 rings (SSSR count). The Bertz CT molecular complexity index is 669. The minimum absolute atomic E-state index is 0.0171. The Hall–Kier alpha value is -1.72. The summed E-state index contributed by atoms with van der Waals surface area (Å²) in [6.45, 7) is 5.26. The fraction of sp³-hybridized carbons (Fsp3) is 0.800. The van der Waals surface area contributed by atoms with Crippen molar-refractivity contribution in [1.29, 1.82) is 0 Å². The van der Waals surface area contributed by atoms with Crippen LogP contribution in [0.1, 0.15) is 59.3 Å². The summed E-state index contributed by atoms with van der Waals surface area (Å²) < 4.78 is 0.